The van der Waals surface area contributed by atoms with E-state index in [0.29, 0.717) is 24.0 Å². The first-order valence-corrected chi connectivity index (χ1v) is 7.75. The van der Waals surface area contributed by atoms with Crippen molar-refractivity contribution in [2.24, 2.45) is 5.92 Å². The van der Waals surface area contributed by atoms with Crippen LogP contribution in [-0.2, 0) is 0 Å². The second-order valence-electron chi connectivity index (χ2n) is 5.72. The molecule has 0 aliphatic carbocycles. The van der Waals surface area contributed by atoms with Crippen molar-refractivity contribution in [1.82, 2.24) is 5.32 Å². The highest BCUT2D eigenvalue weighted by Gasteiger charge is 2.26. The van der Waals surface area contributed by atoms with Crippen molar-refractivity contribution in [3.8, 4) is 11.8 Å². The molecule has 0 unspecified atom stereocenters. The maximum atomic E-state index is 8.82. The summed E-state index contributed by atoms with van der Waals surface area (Å²) >= 11 is 0. The molecular weight excluding hydrogens is 272 g/mol. The van der Waals surface area contributed by atoms with Crippen LogP contribution in [0.5, 0.6) is 5.75 Å². The lowest BCUT2D eigenvalue weighted by Crippen LogP contribution is -2.38. The second kappa shape index (κ2) is 7.11. The summed E-state index contributed by atoms with van der Waals surface area (Å²) in [6.07, 6.45) is 1.14. The number of benzene rings is 2. The molecule has 0 saturated carbocycles. The smallest absolute Gasteiger partial charge is 0.119 e. The van der Waals surface area contributed by atoms with Gasteiger partial charge >= 0.3 is 0 Å². The first-order valence-electron chi connectivity index (χ1n) is 7.75. The van der Waals surface area contributed by atoms with Crippen LogP contribution in [0.1, 0.15) is 23.5 Å². The van der Waals surface area contributed by atoms with Gasteiger partial charge < -0.3 is 10.1 Å². The summed E-state index contributed by atoms with van der Waals surface area (Å²) in [5.74, 6) is 1.84. The predicted octanol–water partition coefficient (Wildman–Crippen LogP) is 3.33. The van der Waals surface area contributed by atoms with Crippen LogP contribution in [0.2, 0.25) is 0 Å². The van der Waals surface area contributed by atoms with E-state index in [0.717, 1.165) is 25.3 Å². The van der Waals surface area contributed by atoms with Crippen molar-refractivity contribution in [2.75, 3.05) is 19.7 Å². The van der Waals surface area contributed by atoms with Gasteiger partial charge in [0.05, 0.1) is 18.2 Å². The van der Waals surface area contributed by atoms with Crippen molar-refractivity contribution >= 4 is 0 Å². The van der Waals surface area contributed by atoms with Gasteiger partial charge in [-0.3, -0.25) is 0 Å². The zero-order chi connectivity index (χ0) is 15.2. The summed E-state index contributed by atoms with van der Waals surface area (Å²) in [6.45, 7) is 2.74. The Morgan fingerprint density at radius 3 is 2.59 bits per heavy atom. The Kier molecular flexibility index (Phi) is 4.72. The summed E-state index contributed by atoms with van der Waals surface area (Å²) in [7, 11) is 0. The van der Waals surface area contributed by atoms with E-state index in [-0.39, 0.29) is 0 Å². The Labute approximate surface area is 131 Å². The van der Waals surface area contributed by atoms with Crippen molar-refractivity contribution in [3.63, 3.8) is 0 Å². The highest BCUT2D eigenvalue weighted by molar-refractivity contribution is 5.34. The van der Waals surface area contributed by atoms with E-state index in [1.807, 2.05) is 12.1 Å². The number of nitriles is 1. The van der Waals surface area contributed by atoms with E-state index in [1.165, 1.54) is 5.56 Å². The van der Waals surface area contributed by atoms with Crippen molar-refractivity contribution < 1.29 is 4.74 Å². The molecule has 3 rings (SSSR count). The highest BCUT2D eigenvalue weighted by Crippen LogP contribution is 2.30. The lowest BCUT2D eigenvalue weighted by atomic mass is 9.81. The van der Waals surface area contributed by atoms with Gasteiger partial charge in [0.2, 0.25) is 0 Å². The van der Waals surface area contributed by atoms with E-state index in [1.54, 1.807) is 12.1 Å². The number of nitrogens with one attached hydrogen (secondary N) is 1. The lowest BCUT2D eigenvalue weighted by molar-refractivity contribution is 0.197. The molecule has 0 radical (unpaired) electrons. The predicted molar refractivity (Wildman–Crippen MR) is 86.8 cm³/mol. The van der Waals surface area contributed by atoms with E-state index >= 15 is 0 Å². The minimum absolute atomic E-state index is 0.465. The van der Waals surface area contributed by atoms with Gasteiger partial charge in [0.25, 0.3) is 0 Å². The molecule has 1 saturated heterocycles. The summed E-state index contributed by atoms with van der Waals surface area (Å²) in [5, 5.41) is 12.3. The Morgan fingerprint density at radius 1 is 1.09 bits per heavy atom. The van der Waals surface area contributed by atoms with Gasteiger partial charge in [-0.15, -0.1) is 0 Å². The van der Waals surface area contributed by atoms with E-state index in [9.17, 15) is 0 Å². The number of rotatable bonds is 4. The lowest BCUT2D eigenvalue weighted by Gasteiger charge is -2.32. The zero-order valence-electron chi connectivity index (χ0n) is 12.5. The Morgan fingerprint density at radius 2 is 1.86 bits per heavy atom. The fraction of sp³-hybridized carbons (Fsp3) is 0.316. The molecule has 2 aromatic rings. The second-order valence-corrected chi connectivity index (χ2v) is 5.72. The summed E-state index contributed by atoms with van der Waals surface area (Å²) < 4.78 is 5.95. The first kappa shape index (κ1) is 14.6. The molecule has 3 heteroatoms. The van der Waals surface area contributed by atoms with Crippen molar-refractivity contribution in [1.29, 1.82) is 5.26 Å². The molecule has 3 nitrogen and oxygen atoms in total. The molecule has 0 aromatic heterocycles. The van der Waals surface area contributed by atoms with E-state index in [2.05, 4.69) is 41.7 Å². The van der Waals surface area contributed by atoms with Gasteiger partial charge in [-0.2, -0.15) is 5.26 Å². The average molecular weight is 292 g/mol. The van der Waals surface area contributed by atoms with Crippen LogP contribution >= 0.6 is 0 Å². The maximum Gasteiger partial charge on any atom is 0.119 e. The fourth-order valence-electron chi connectivity index (χ4n) is 3.07. The molecular formula is C19H20N2O. The zero-order valence-corrected chi connectivity index (χ0v) is 12.5. The Balaban J connectivity index is 1.65. The number of ether oxygens (including phenoxy) is 1. The Hall–Kier alpha value is -2.31. The quantitative estimate of drug-likeness (QED) is 0.940. The number of hydrogen-bond donors (Lipinski definition) is 1. The summed E-state index contributed by atoms with van der Waals surface area (Å²) in [6, 6.07) is 20.1. The van der Waals surface area contributed by atoms with Gasteiger partial charge in [-0.05, 0) is 48.7 Å². The fourth-order valence-corrected chi connectivity index (χ4v) is 3.07. The topological polar surface area (TPSA) is 45.0 Å². The van der Waals surface area contributed by atoms with Gasteiger partial charge in [-0.25, -0.2) is 0 Å². The molecule has 2 atom stereocenters. The maximum absolute atomic E-state index is 8.82. The molecule has 1 aliphatic heterocycles. The monoisotopic (exact) mass is 292 g/mol. The molecule has 1 aliphatic rings. The molecule has 1 fully saturated rings. The first-order chi connectivity index (χ1) is 10.9. The normalized spacial score (nSPS) is 21.0. The largest absolute Gasteiger partial charge is 0.493 e. The van der Waals surface area contributed by atoms with Crippen molar-refractivity contribution in [3.05, 3.63) is 65.7 Å². The van der Waals surface area contributed by atoms with Gasteiger partial charge in [0, 0.05) is 12.5 Å². The standard InChI is InChI=1S/C19H20N2O/c20-12-15-6-8-18(9-7-15)22-14-17-13-21-11-10-19(17)16-4-2-1-3-5-16/h1-9,17,19,21H,10-11,13-14H2/t17-,19-/m0/s1. The van der Waals surface area contributed by atoms with E-state index < -0.39 is 0 Å². The molecule has 112 valence electrons. The van der Waals surface area contributed by atoms with Gasteiger partial charge in [0.1, 0.15) is 5.75 Å². The van der Waals surface area contributed by atoms with E-state index in [4.69, 9.17) is 10.00 Å². The molecule has 0 spiro atoms. The number of hydrogen-bond acceptors (Lipinski definition) is 3. The van der Waals surface area contributed by atoms with Crippen molar-refractivity contribution in [2.45, 2.75) is 12.3 Å². The number of piperidine rings is 1. The molecule has 1 N–H and O–H groups in total. The molecule has 22 heavy (non-hydrogen) atoms. The molecule has 1 heterocycles. The molecule has 0 amide bonds. The third-order valence-corrected chi connectivity index (χ3v) is 4.28. The van der Waals surface area contributed by atoms with Crippen LogP contribution in [0.4, 0.5) is 0 Å². The third-order valence-electron chi connectivity index (χ3n) is 4.28. The average Bonchev–Trinajstić information content (AvgIpc) is 2.61. The minimum atomic E-state index is 0.465. The summed E-state index contributed by atoms with van der Waals surface area (Å²) in [4.78, 5) is 0. The van der Waals surface area contributed by atoms with Gasteiger partial charge in [0.15, 0.2) is 0 Å². The Bertz CT molecular complexity index is 631. The molecule has 0 bridgehead atoms. The SMILES string of the molecule is N#Cc1ccc(OC[C@@H]2CNCC[C@H]2c2ccccc2)cc1. The van der Waals surface area contributed by atoms with Crippen LogP contribution in [0.3, 0.4) is 0 Å². The van der Waals surface area contributed by atoms with Crippen LogP contribution in [0.15, 0.2) is 54.6 Å². The van der Waals surface area contributed by atoms with Crippen LogP contribution in [0.25, 0.3) is 0 Å². The summed E-state index contributed by atoms with van der Waals surface area (Å²) in [5.41, 5.74) is 2.06. The van der Waals surface area contributed by atoms with Crippen LogP contribution in [-0.4, -0.2) is 19.7 Å². The third kappa shape index (κ3) is 3.47. The molecule has 2 aromatic carbocycles. The van der Waals surface area contributed by atoms with Crippen LogP contribution < -0.4 is 10.1 Å². The van der Waals surface area contributed by atoms with Crippen LogP contribution in [0, 0.1) is 17.2 Å². The minimum Gasteiger partial charge on any atom is -0.493 e. The van der Waals surface area contributed by atoms with Gasteiger partial charge in [-0.1, -0.05) is 30.3 Å². The number of nitrogens with zero attached hydrogens (tertiary/aromatic N) is 1. The highest BCUT2D eigenvalue weighted by atomic mass is 16.5.